The van der Waals surface area contributed by atoms with E-state index >= 15 is 0 Å². The zero-order chi connectivity index (χ0) is 18.0. The number of carbonyl (C=O) groups excluding carboxylic acids is 2. The molecule has 2 aromatic heterocycles. The second kappa shape index (κ2) is 7.32. The molecule has 0 atom stereocenters. The SMILES string of the molecule is CCOC(=O)c1sc2ncnc(N3CCN(CC(N)=O)CC3)c2c1C. The Morgan fingerprint density at radius 2 is 2.00 bits per heavy atom. The minimum Gasteiger partial charge on any atom is -0.462 e. The van der Waals surface area contributed by atoms with Crippen molar-refractivity contribution in [3.05, 3.63) is 16.8 Å². The summed E-state index contributed by atoms with van der Waals surface area (Å²) < 4.78 is 5.13. The molecular formula is C16H21N5O3S. The number of hydrogen-bond donors (Lipinski definition) is 1. The first-order valence-electron chi connectivity index (χ1n) is 8.18. The molecule has 25 heavy (non-hydrogen) atoms. The Kier molecular flexibility index (Phi) is 5.14. The number of nitrogens with zero attached hydrogens (tertiary/aromatic N) is 4. The molecular weight excluding hydrogens is 342 g/mol. The van der Waals surface area contributed by atoms with E-state index < -0.39 is 0 Å². The van der Waals surface area contributed by atoms with E-state index in [1.807, 2.05) is 11.8 Å². The van der Waals surface area contributed by atoms with Crippen molar-refractivity contribution in [2.75, 3.05) is 44.2 Å². The van der Waals surface area contributed by atoms with E-state index in [1.165, 1.54) is 17.7 Å². The summed E-state index contributed by atoms with van der Waals surface area (Å²) in [5, 5.41) is 0.902. The minimum atomic E-state index is -0.319. The molecule has 1 aliphatic heterocycles. The monoisotopic (exact) mass is 363 g/mol. The van der Waals surface area contributed by atoms with Crippen LogP contribution in [0.1, 0.15) is 22.2 Å². The number of amides is 1. The van der Waals surface area contributed by atoms with Crippen LogP contribution in [-0.4, -0.2) is 66.1 Å². The van der Waals surface area contributed by atoms with E-state index in [-0.39, 0.29) is 18.4 Å². The predicted octanol–water partition coefficient (Wildman–Crippen LogP) is 0.784. The number of ether oxygens (including phenoxy) is 1. The van der Waals surface area contributed by atoms with Gasteiger partial charge >= 0.3 is 5.97 Å². The van der Waals surface area contributed by atoms with Crippen LogP contribution in [-0.2, 0) is 9.53 Å². The number of thiophene rings is 1. The fourth-order valence-corrected chi connectivity index (χ4v) is 4.06. The third-order valence-corrected chi connectivity index (χ3v) is 5.40. The molecule has 0 aliphatic carbocycles. The largest absolute Gasteiger partial charge is 0.462 e. The van der Waals surface area contributed by atoms with Crippen molar-refractivity contribution in [3.8, 4) is 0 Å². The van der Waals surface area contributed by atoms with Crippen LogP contribution in [0.4, 0.5) is 5.82 Å². The Labute approximate surface area is 149 Å². The van der Waals surface area contributed by atoms with Gasteiger partial charge in [-0.2, -0.15) is 0 Å². The van der Waals surface area contributed by atoms with Gasteiger partial charge in [-0.25, -0.2) is 14.8 Å². The summed E-state index contributed by atoms with van der Waals surface area (Å²) >= 11 is 1.34. The maximum Gasteiger partial charge on any atom is 0.348 e. The highest BCUT2D eigenvalue weighted by Crippen LogP contribution is 2.35. The number of nitrogens with two attached hydrogens (primary N) is 1. The number of fused-ring (bicyclic) bond motifs is 1. The average Bonchev–Trinajstić information content (AvgIpc) is 2.93. The number of aromatic nitrogens is 2. The maximum absolute atomic E-state index is 12.1. The number of esters is 1. The lowest BCUT2D eigenvalue weighted by atomic mass is 10.2. The third kappa shape index (κ3) is 3.57. The Balaban J connectivity index is 1.87. The van der Waals surface area contributed by atoms with Crippen molar-refractivity contribution >= 4 is 39.2 Å². The molecule has 0 radical (unpaired) electrons. The van der Waals surface area contributed by atoms with Gasteiger partial charge in [-0.15, -0.1) is 11.3 Å². The van der Waals surface area contributed by atoms with Gasteiger partial charge in [0, 0.05) is 26.2 Å². The summed E-state index contributed by atoms with van der Waals surface area (Å²) in [6, 6.07) is 0. The lowest BCUT2D eigenvalue weighted by Crippen LogP contribution is -2.49. The zero-order valence-corrected chi connectivity index (χ0v) is 15.1. The molecule has 1 aliphatic rings. The minimum absolute atomic E-state index is 0.275. The highest BCUT2D eigenvalue weighted by atomic mass is 32.1. The molecule has 1 saturated heterocycles. The standard InChI is InChI=1S/C16H21N5O3S/c1-3-24-16(23)13-10(2)12-14(18-9-19-15(12)25-13)21-6-4-20(5-7-21)8-11(17)22/h9H,3-8H2,1-2H3,(H2,17,22). The molecule has 0 aromatic carbocycles. The van der Waals surface area contributed by atoms with Gasteiger partial charge in [-0.1, -0.05) is 0 Å². The van der Waals surface area contributed by atoms with E-state index in [4.69, 9.17) is 10.5 Å². The molecule has 0 spiro atoms. The summed E-state index contributed by atoms with van der Waals surface area (Å²) in [6.45, 7) is 7.26. The Morgan fingerprint density at radius 3 is 2.64 bits per heavy atom. The molecule has 0 bridgehead atoms. The van der Waals surface area contributed by atoms with Crippen LogP contribution >= 0.6 is 11.3 Å². The van der Waals surface area contributed by atoms with Gasteiger partial charge in [0.25, 0.3) is 0 Å². The van der Waals surface area contributed by atoms with E-state index in [0.717, 1.165) is 47.8 Å². The highest BCUT2D eigenvalue weighted by molar-refractivity contribution is 7.20. The number of anilines is 1. The number of primary amides is 1. The first-order chi connectivity index (χ1) is 12.0. The van der Waals surface area contributed by atoms with Crippen LogP contribution < -0.4 is 10.6 Å². The molecule has 2 N–H and O–H groups in total. The first-order valence-corrected chi connectivity index (χ1v) is 8.99. The number of carbonyl (C=O) groups is 2. The zero-order valence-electron chi connectivity index (χ0n) is 14.3. The van der Waals surface area contributed by atoms with Crippen LogP contribution in [0.3, 0.4) is 0 Å². The van der Waals surface area contributed by atoms with Crippen LogP contribution in [0, 0.1) is 6.92 Å². The molecule has 2 aromatic rings. The summed E-state index contributed by atoms with van der Waals surface area (Å²) in [6.07, 6.45) is 1.53. The normalized spacial score (nSPS) is 15.5. The number of rotatable bonds is 5. The second-order valence-corrected chi connectivity index (χ2v) is 6.88. The first kappa shape index (κ1) is 17.6. The molecule has 1 fully saturated rings. The van der Waals surface area contributed by atoms with Gasteiger partial charge in [0.05, 0.1) is 18.5 Å². The molecule has 9 heteroatoms. The fourth-order valence-electron chi connectivity index (χ4n) is 3.02. The molecule has 0 saturated carbocycles. The summed E-state index contributed by atoms with van der Waals surface area (Å²) in [5.74, 6) is 0.193. The van der Waals surface area contributed by atoms with Crippen LogP contribution in [0.25, 0.3) is 10.2 Å². The van der Waals surface area contributed by atoms with Crippen molar-refractivity contribution in [3.63, 3.8) is 0 Å². The Hall–Kier alpha value is -2.26. The van der Waals surface area contributed by atoms with Gasteiger partial charge in [-0.05, 0) is 19.4 Å². The number of hydrogen-bond acceptors (Lipinski definition) is 8. The molecule has 3 heterocycles. The lowest BCUT2D eigenvalue weighted by molar-refractivity contribution is -0.119. The molecule has 3 rings (SSSR count). The van der Waals surface area contributed by atoms with Gasteiger partial charge in [0.2, 0.25) is 5.91 Å². The van der Waals surface area contributed by atoms with Crippen molar-refractivity contribution in [2.45, 2.75) is 13.8 Å². The van der Waals surface area contributed by atoms with E-state index in [0.29, 0.717) is 11.5 Å². The molecule has 0 unspecified atom stereocenters. The van der Waals surface area contributed by atoms with Gasteiger partial charge in [0.15, 0.2) is 0 Å². The molecule has 8 nitrogen and oxygen atoms in total. The maximum atomic E-state index is 12.1. The molecule has 1 amide bonds. The van der Waals surface area contributed by atoms with E-state index in [1.54, 1.807) is 6.92 Å². The van der Waals surface area contributed by atoms with Gasteiger partial charge < -0.3 is 15.4 Å². The fraction of sp³-hybridized carbons (Fsp3) is 0.500. The number of piperazine rings is 1. The van der Waals surface area contributed by atoms with Crippen LogP contribution in [0.2, 0.25) is 0 Å². The summed E-state index contributed by atoms with van der Waals surface area (Å²) in [5.41, 5.74) is 6.12. The lowest BCUT2D eigenvalue weighted by Gasteiger charge is -2.35. The topological polar surface area (TPSA) is 102 Å². The Morgan fingerprint density at radius 1 is 1.28 bits per heavy atom. The van der Waals surface area contributed by atoms with Crippen molar-refractivity contribution < 1.29 is 14.3 Å². The van der Waals surface area contributed by atoms with E-state index in [9.17, 15) is 9.59 Å². The van der Waals surface area contributed by atoms with Crippen molar-refractivity contribution in [1.82, 2.24) is 14.9 Å². The highest BCUT2D eigenvalue weighted by Gasteiger charge is 2.25. The van der Waals surface area contributed by atoms with Crippen LogP contribution in [0.5, 0.6) is 0 Å². The predicted molar refractivity (Wildman–Crippen MR) is 96.0 cm³/mol. The molecule has 134 valence electrons. The van der Waals surface area contributed by atoms with Gasteiger partial charge in [0.1, 0.15) is 21.9 Å². The van der Waals surface area contributed by atoms with Crippen molar-refractivity contribution in [1.29, 1.82) is 0 Å². The van der Waals surface area contributed by atoms with Crippen LogP contribution in [0.15, 0.2) is 6.33 Å². The van der Waals surface area contributed by atoms with E-state index in [2.05, 4.69) is 14.9 Å². The third-order valence-electron chi connectivity index (χ3n) is 4.22. The Bertz CT molecular complexity index is 798. The van der Waals surface area contributed by atoms with Gasteiger partial charge in [-0.3, -0.25) is 9.69 Å². The quantitative estimate of drug-likeness (QED) is 0.783. The number of aryl methyl sites for hydroxylation is 1. The van der Waals surface area contributed by atoms with Crippen molar-refractivity contribution in [2.24, 2.45) is 5.73 Å². The second-order valence-electron chi connectivity index (χ2n) is 5.88. The average molecular weight is 363 g/mol. The smallest absolute Gasteiger partial charge is 0.348 e. The summed E-state index contributed by atoms with van der Waals surface area (Å²) in [4.78, 5) is 37.5. The summed E-state index contributed by atoms with van der Waals surface area (Å²) in [7, 11) is 0.